The number of hydrogen-bond donors (Lipinski definition) is 2. The molecule has 1 aliphatic heterocycles. The molecule has 3 rings (SSSR count). The van der Waals surface area contributed by atoms with Gasteiger partial charge in [0.1, 0.15) is 0 Å². The number of carbonyl (C=O) groups excluding carboxylic acids is 1. The molecule has 144 valence electrons. The molecule has 0 bridgehead atoms. The van der Waals surface area contributed by atoms with Crippen molar-refractivity contribution in [3.8, 4) is 0 Å². The van der Waals surface area contributed by atoms with Crippen LogP contribution in [0.2, 0.25) is 0 Å². The van der Waals surface area contributed by atoms with Crippen LogP contribution in [0.3, 0.4) is 0 Å². The first-order chi connectivity index (χ1) is 12.7. The number of pyridine rings is 1. The van der Waals surface area contributed by atoms with E-state index in [1.165, 1.54) is 11.1 Å². The zero-order valence-electron chi connectivity index (χ0n) is 15.7. The topological polar surface area (TPSA) is 69.6 Å². The molecule has 1 unspecified atom stereocenters. The predicted octanol–water partition coefficient (Wildman–Crippen LogP) is 3.01. The Kier molecular flexibility index (Phi) is 8.02. The predicted molar refractivity (Wildman–Crippen MR) is 120 cm³/mol. The molecule has 1 aromatic carbocycles. The summed E-state index contributed by atoms with van der Waals surface area (Å²) in [5.41, 5.74) is 3.42. The number of carbonyl (C=O) groups is 1. The Labute approximate surface area is 177 Å². The third kappa shape index (κ3) is 5.66. The fraction of sp³-hybridized carbons (Fsp3) is 0.350. The average molecular weight is 479 g/mol. The van der Waals surface area contributed by atoms with Gasteiger partial charge in [0.2, 0.25) is 5.91 Å². The van der Waals surface area contributed by atoms with Crippen molar-refractivity contribution in [2.45, 2.75) is 19.3 Å². The molecule has 1 fully saturated rings. The van der Waals surface area contributed by atoms with Gasteiger partial charge in [-0.25, -0.2) is 0 Å². The van der Waals surface area contributed by atoms with Crippen molar-refractivity contribution in [1.29, 1.82) is 0 Å². The smallest absolute Gasteiger partial charge is 0.243 e. The van der Waals surface area contributed by atoms with Gasteiger partial charge in [0.25, 0.3) is 0 Å². The average Bonchev–Trinajstić information content (AvgIpc) is 3.13. The van der Waals surface area contributed by atoms with Crippen molar-refractivity contribution in [2.75, 3.05) is 32.0 Å². The Morgan fingerprint density at radius 3 is 2.81 bits per heavy atom. The van der Waals surface area contributed by atoms with Gasteiger partial charge in [-0.15, -0.1) is 24.0 Å². The summed E-state index contributed by atoms with van der Waals surface area (Å²) >= 11 is 0. The number of likely N-dealkylation sites (tertiary alicyclic amines) is 1. The lowest BCUT2D eigenvalue weighted by Gasteiger charge is -2.22. The monoisotopic (exact) mass is 479 g/mol. The molecule has 1 amide bonds. The molecule has 0 radical (unpaired) electrons. The summed E-state index contributed by atoms with van der Waals surface area (Å²) in [7, 11) is 1.75. The van der Waals surface area contributed by atoms with Crippen LogP contribution in [0.25, 0.3) is 0 Å². The van der Waals surface area contributed by atoms with E-state index in [2.05, 4.69) is 56.7 Å². The lowest BCUT2D eigenvalue weighted by atomic mass is 9.94. The summed E-state index contributed by atoms with van der Waals surface area (Å²) in [5, 5.41) is 5.98. The van der Waals surface area contributed by atoms with Gasteiger partial charge >= 0.3 is 0 Å². The van der Waals surface area contributed by atoms with Crippen LogP contribution in [0.4, 0.5) is 5.69 Å². The van der Waals surface area contributed by atoms with Crippen LogP contribution in [-0.4, -0.2) is 48.4 Å². The van der Waals surface area contributed by atoms with Gasteiger partial charge in [-0.2, -0.15) is 0 Å². The van der Waals surface area contributed by atoms with Crippen LogP contribution in [0.5, 0.6) is 0 Å². The molecule has 2 N–H and O–H groups in total. The number of halogens is 1. The zero-order valence-corrected chi connectivity index (χ0v) is 18.0. The van der Waals surface area contributed by atoms with Crippen LogP contribution in [-0.2, 0) is 4.79 Å². The first kappa shape index (κ1) is 21.1. The van der Waals surface area contributed by atoms with Crippen molar-refractivity contribution in [3.63, 3.8) is 0 Å². The summed E-state index contributed by atoms with van der Waals surface area (Å²) < 4.78 is 0. The van der Waals surface area contributed by atoms with E-state index in [1.807, 2.05) is 6.07 Å². The number of anilines is 1. The van der Waals surface area contributed by atoms with Crippen molar-refractivity contribution in [2.24, 2.45) is 4.99 Å². The number of hydrogen-bond acceptors (Lipinski definition) is 3. The Bertz CT molecular complexity index is 781. The van der Waals surface area contributed by atoms with E-state index in [0.717, 1.165) is 25.5 Å². The van der Waals surface area contributed by atoms with Gasteiger partial charge < -0.3 is 15.5 Å². The number of rotatable bonds is 4. The molecule has 2 aromatic rings. The molecule has 0 saturated carbocycles. The number of guanidine groups is 1. The van der Waals surface area contributed by atoms with Crippen LogP contribution >= 0.6 is 24.0 Å². The van der Waals surface area contributed by atoms with Crippen molar-refractivity contribution < 1.29 is 4.79 Å². The number of nitrogens with one attached hydrogen (secondary N) is 2. The van der Waals surface area contributed by atoms with Gasteiger partial charge in [-0.1, -0.05) is 24.3 Å². The van der Waals surface area contributed by atoms with E-state index in [0.29, 0.717) is 11.6 Å². The standard InChI is InChI=1S/C20H25N5O.HI/c1-15-6-3-4-8-18(15)16-9-11-25(14-16)20(21-2)23-13-19(26)24-17-7-5-10-22-12-17;/h3-8,10,12,16H,9,11,13-14H2,1-2H3,(H,21,23)(H,24,26);1H. The molecule has 6 nitrogen and oxygen atoms in total. The third-order valence-corrected chi connectivity index (χ3v) is 4.68. The molecule has 0 spiro atoms. The minimum atomic E-state index is -0.117. The van der Waals surface area contributed by atoms with Gasteiger partial charge in [-0.05, 0) is 36.6 Å². The van der Waals surface area contributed by atoms with Gasteiger partial charge in [0.05, 0.1) is 18.4 Å². The largest absolute Gasteiger partial charge is 0.347 e. The molecular formula is C20H26IN5O. The van der Waals surface area contributed by atoms with E-state index in [1.54, 1.807) is 25.5 Å². The Morgan fingerprint density at radius 2 is 2.11 bits per heavy atom. The Morgan fingerprint density at radius 1 is 1.30 bits per heavy atom. The van der Waals surface area contributed by atoms with Crippen LogP contribution < -0.4 is 10.6 Å². The van der Waals surface area contributed by atoms with Gasteiger partial charge in [-0.3, -0.25) is 14.8 Å². The lowest BCUT2D eigenvalue weighted by Crippen LogP contribution is -2.43. The van der Waals surface area contributed by atoms with E-state index in [-0.39, 0.29) is 36.4 Å². The molecule has 2 heterocycles. The summed E-state index contributed by atoms with van der Waals surface area (Å²) in [4.78, 5) is 22.6. The molecule has 1 aliphatic rings. The second kappa shape index (κ2) is 10.2. The highest BCUT2D eigenvalue weighted by atomic mass is 127. The maximum absolute atomic E-state index is 12.1. The minimum Gasteiger partial charge on any atom is -0.347 e. The molecule has 1 aromatic heterocycles. The van der Waals surface area contributed by atoms with Crippen molar-refractivity contribution >= 4 is 41.5 Å². The van der Waals surface area contributed by atoms with Gasteiger partial charge in [0, 0.05) is 32.3 Å². The molecule has 27 heavy (non-hydrogen) atoms. The van der Waals surface area contributed by atoms with Crippen LogP contribution in [0.15, 0.2) is 53.8 Å². The zero-order chi connectivity index (χ0) is 18.4. The van der Waals surface area contributed by atoms with Gasteiger partial charge in [0.15, 0.2) is 5.96 Å². The number of aliphatic imine (C=N–C) groups is 1. The maximum Gasteiger partial charge on any atom is 0.243 e. The first-order valence-corrected chi connectivity index (χ1v) is 8.88. The number of nitrogens with zero attached hydrogens (tertiary/aromatic N) is 3. The maximum atomic E-state index is 12.1. The highest BCUT2D eigenvalue weighted by Crippen LogP contribution is 2.29. The molecule has 7 heteroatoms. The fourth-order valence-electron chi connectivity index (χ4n) is 3.38. The Hall–Kier alpha value is -2.16. The molecule has 1 atom stereocenters. The second-order valence-corrected chi connectivity index (χ2v) is 6.48. The van der Waals surface area contributed by atoms with E-state index < -0.39 is 0 Å². The van der Waals surface area contributed by atoms with Crippen LogP contribution in [0.1, 0.15) is 23.5 Å². The summed E-state index contributed by atoms with van der Waals surface area (Å²) in [6, 6.07) is 12.1. The first-order valence-electron chi connectivity index (χ1n) is 8.88. The fourth-order valence-corrected chi connectivity index (χ4v) is 3.38. The van der Waals surface area contributed by atoms with Crippen molar-refractivity contribution in [3.05, 3.63) is 59.9 Å². The number of benzene rings is 1. The minimum absolute atomic E-state index is 0. The summed E-state index contributed by atoms with van der Waals surface area (Å²) in [5.74, 6) is 1.15. The summed E-state index contributed by atoms with van der Waals surface area (Å²) in [6.45, 7) is 4.18. The van der Waals surface area contributed by atoms with E-state index in [4.69, 9.17) is 0 Å². The summed E-state index contributed by atoms with van der Waals surface area (Å²) in [6.07, 6.45) is 4.39. The van der Waals surface area contributed by atoms with E-state index in [9.17, 15) is 4.79 Å². The number of aryl methyl sites for hydroxylation is 1. The molecule has 1 saturated heterocycles. The lowest BCUT2D eigenvalue weighted by molar-refractivity contribution is -0.115. The second-order valence-electron chi connectivity index (χ2n) is 6.48. The highest BCUT2D eigenvalue weighted by Gasteiger charge is 2.27. The number of amides is 1. The molecule has 0 aliphatic carbocycles. The number of aromatic nitrogens is 1. The quantitative estimate of drug-likeness (QED) is 0.402. The SMILES string of the molecule is CN=C(NCC(=O)Nc1cccnc1)N1CCC(c2ccccc2C)C1.I. The normalized spacial score (nSPS) is 16.6. The van der Waals surface area contributed by atoms with Crippen molar-refractivity contribution in [1.82, 2.24) is 15.2 Å². The molecular weight excluding hydrogens is 453 g/mol. The van der Waals surface area contributed by atoms with E-state index >= 15 is 0 Å². The Balaban J connectivity index is 0.00000261. The van der Waals surface area contributed by atoms with Crippen LogP contribution in [0, 0.1) is 6.92 Å². The third-order valence-electron chi connectivity index (χ3n) is 4.68. The highest BCUT2D eigenvalue weighted by molar-refractivity contribution is 14.0.